The van der Waals surface area contributed by atoms with Crippen molar-refractivity contribution in [1.29, 1.82) is 0 Å². The minimum absolute atomic E-state index is 0.00648. The molecule has 0 aromatic heterocycles. The molecule has 3 rings (SSSR count). The Morgan fingerprint density at radius 2 is 1.84 bits per heavy atom. The zero-order chi connectivity index (χ0) is 17.6. The topological polar surface area (TPSA) is 36.0 Å². The highest BCUT2D eigenvalue weighted by Crippen LogP contribution is 2.25. The Hall–Kier alpha value is -1.43. The number of piperazine rings is 1. The molecule has 0 saturated carbocycles. The maximum Gasteiger partial charge on any atom is 0.224 e. The Morgan fingerprint density at radius 3 is 2.56 bits per heavy atom. The summed E-state index contributed by atoms with van der Waals surface area (Å²) in [5.41, 5.74) is 2.44. The van der Waals surface area contributed by atoms with Gasteiger partial charge < -0.3 is 19.4 Å². The molecule has 5 heteroatoms. The van der Waals surface area contributed by atoms with E-state index in [1.807, 2.05) is 17.0 Å². The van der Waals surface area contributed by atoms with Crippen molar-refractivity contribution in [2.75, 3.05) is 59.0 Å². The van der Waals surface area contributed by atoms with Gasteiger partial charge in [0.05, 0.1) is 13.2 Å². The van der Waals surface area contributed by atoms with Gasteiger partial charge in [-0.15, -0.1) is 0 Å². The number of rotatable bonds is 5. The first-order chi connectivity index (χ1) is 12.2. The van der Waals surface area contributed by atoms with Crippen LogP contribution in [0.4, 0.5) is 0 Å². The molecular weight excluding hydrogens is 314 g/mol. The quantitative estimate of drug-likeness (QED) is 0.817. The largest absolute Gasteiger partial charge is 0.370 e. The van der Waals surface area contributed by atoms with Gasteiger partial charge in [-0.2, -0.15) is 0 Å². The molecule has 2 saturated heterocycles. The Labute approximate surface area is 151 Å². The molecule has 1 atom stereocenters. The Bertz CT molecular complexity index is 570. The smallest absolute Gasteiger partial charge is 0.224 e. The lowest BCUT2D eigenvalue weighted by Gasteiger charge is -2.36. The molecule has 0 unspecified atom stereocenters. The number of amides is 1. The third-order valence-electron chi connectivity index (χ3n) is 5.51. The van der Waals surface area contributed by atoms with Gasteiger partial charge >= 0.3 is 0 Å². The summed E-state index contributed by atoms with van der Waals surface area (Å²) in [6.45, 7) is 12.7. The van der Waals surface area contributed by atoms with E-state index in [4.69, 9.17) is 4.74 Å². The number of aryl methyl sites for hydroxylation is 1. The molecule has 2 heterocycles. The van der Waals surface area contributed by atoms with E-state index in [1.165, 1.54) is 11.1 Å². The van der Waals surface area contributed by atoms with Crippen LogP contribution in [-0.4, -0.2) is 79.6 Å². The first-order valence-electron chi connectivity index (χ1n) is 9.57. The average molecular weight is 345 g/mol. The maximum atomic E-state index is 12.7. The summed E-state index contributed by atoms with van der Waals surface area (Å²) in [6, 6.07) is 8.31. The van der Waals surface area contributed by atoms with Crippen LogP contribution in [0, 0.1) is 6.92 Å². The molecule has 0 N–H and O–H groups in total. The summed E-state index contributed by atoms with van der Waals surface area (Å²) in [6.07, 6.45) is 0.624. The van der Waals surface area contributed by atoms with Crippen LogP contribution in [0.2, 0.25) is 0 Å². The number of likely N-dealkylation sites (N-methyl/N-ethyl adjacent to an activating group) is 1. The summed E-state index contributed by atoms with van der Waals surface area (Å²) in [5, 5.41) is 0. The Kier molecular flexibility index (Phi) is 6.45. The van der Waals surface area contributed by atoms with Gasteiger partial charge in [0.25, 0.3) is 0 Å². The number of hydrogen-bond acceptors (Lipinski definition) is 4. The lowest BCUT2D eigenvalue weighted by molar-refractivity contribution is -0.139. The molecule has 0 radical (unpaired) electrons. The van der Waals surface area contributed by atoms with E-state index in [2.05, 4.69) is 35.8 Å². The molecule has 0 spiro atoms. The third kappa shape index (κ3) is 4.81. The van der Waals surface area contributed by atoms with Crippen molar-refractivity contribution in [2.45, 2.75) is 26.4 Å². The van der Waals surface area contributed by atoms with Crippen LogP contribution in [0.1, 0.15) is 30.6 Å². The van der Waals surface area contributed by atoms with Gasteiger partial charge in [-0.05, 0) is 24.6 Å². The fourth-order valence-electron chi connectivity index (χ4n) is 3.75. The molecular formula is C20H31N3O2. The van der Waals surface area contributed by atoms with E-state index < -0.39 is 0 Å². The fraction of sp³-hybridized carbons (Fsp3) is 0.650. The van der Waals surface area contributed by atoms with Crippen LogP contribution in [0.3, 0.4) is 0 Å². The van der Waals surface area contributed by atoms with Crippen molar-refractivity contribution in [3.63, 3.8) is 0 Å². The van der Waals surface area contributed by atoms with Crippen LogP contribution in [0.15, 0.2) is 24.3 Å². The Morgan fingerprint density at radius 1 is 1.12 bits per heavy atom. The molecule has 5 nitrogen and oxygen atoms in total. The predicted molar refractivity (Wildman–Crippen MR) is 99.6 cm³/mol. The first-order valence-corrected chi connectivity index (χ1v) is 9.57. The first kappa shape index (κ1) is 18.4. The summed E-state index contributed by atoms with van der Waals surface area (Å²) in [5.74, 6) is 0.264. The lowest BCUT2D eigenvalue weighted by atomic mass is 10.0. The van der Waals surface area contributed by atoms with Gasteiger partial charge in [-0.3, -0.25) is 4.79 Å². The SMILES string of the molecule is CCN1CCN(CCC(=O)N2CCO[C@@H](c3ccccc3C)C2)CC1. The third-order valence-corrected chi connectivity index (χ3v) is 5.51. The van der Waals surface area contributed by atoms with E-state index in [9.17, 15) is 4.79 Å². The van der Waals surface area contributed by atoms with Crippen LogP contribution < -0.4 is 0 Å². The van der Waals surface area contributed by atoms with Crippen molar-refractivity contribution in [3.8, 4) is 0 Å². The van der Waals surface area contributed by atoms with Crippen molar-refractivity contribution < 1.29 is 9.53 Å². The van der Waals surface area contributed by atoms with Gasteiger partial charge in [0.1, 0.15) is 6.10 Å². The normalized spacial score (nSPS) is 23.0. The van der Waals surface area contributed by atoms with Crippen LogP contribution in [-0.2, 0) is 9.53 Å². The second kappa shape index (κ2) is 8.79. The average Bonchev–Trinajstić information content (AvgIpc) is 2.67. The number of hydrogen-bond donors (Lipinski definition) is 0. The molecule has 0 aliphatic carbocycles. The number of morpholine rings is 1. The fourth-order valence-corrected chi connectivity index (χ4v) is 3.75. The number of ether oxygens (including phenoxy) is 1. The minimum atomic E-state index is 0.00648. The molecule has 1 amide bonds. The molecule has 25 heavy (non-hydrogen) atoms. The van der Waals surface area contributed by atoms with Crippen LogP contribution >= 0.6 is 0 Å². The molecule has 2 aliphatic rings. The second-order valence-corrected chi connectivity index (χ2v) is 7.08. The lowest BCUT2D eigenvalue weighted by Crippen LogP contribution is -2.48. The number of benzene rings is 1. The standard InChI is InChI=1S/C20H31N3O2/c1-3-21-10-12-22(13-11-21)9-8-20(24)23-14-15-25-19(16-23)18-7-5-4-6-17(18)2/h4-7,19H,3,8-16H2,1-2H3/t19-/m1/s1. The Balaban J connectivity index is 1.48. The van der Waals surface area contributed by atoms with E-state index >= 15 is 0 Å². The van der Waals surface area contributed by atoms with Gasteiger partial charge in [0.2, 0.25) is 5.91 Å². The molecule has 138 valence electrons. The van der Waals surface area contributed by atoms with Gasteiger partial charge in [-0.1, -0.05) is 31.2 Å². The highest BCUT2D eigenvalue weighted by atomic mass is 16.5. The van der Waals surface area contributed by atoms with Crippen molar-refractivity contribution in [1.82, 2.24) is 14.7 Å². The van der Waals surface area contributed by atoms with Crippen molar-refractivity contribution in [3.05, 3.63) is 35.4 Å². The zero-order valence-corrected chi connectivity index (χ0v) is 15.6. The minimum Gasteiger partial charge on any atom is -0.370 e. The van der Waals surface area contributed by atoms with E-state index in [0.29, 0.717) is 26.1 Å². The molecule has 1 aromatic rings. The van der Waals surface area contributed by atoms with Crippen molar-refractivity contribution in [2.24, 2.45) is 0 Å². The van der Waals surface area contributed by atoms with E-state index in [1.54, 1.807) is 0 Å². The zero-order valence-electron chi connectivity index (χ0n) is 15.6. The highest BCUT2D eigenvalue weighted by molar-refractivity contribution is 5.76. The summed E-state index contributed by atoms with van der Waals surface area (Å²) >= 11 is 0. The van der Waals surface area contributed by atoms with Gasteiger partial charge in [-0.25, -0.2) is 0 Å². The molecule has 2 aliphatic heterocycles. The molecule has 2 fully saturated rings. The van der Waals surface area contributed by atoms with Gasteiger partial charge in [0, 0.05) is 45.7 Å². The summed E-state index contributed by atoms with van der Waals surface area (Å²) < 4.78 is 5.93. The number of carbonyl (C=O) groups excluding carboxylic acids is 1. The van der Waals surface area contributed by atoms with E-state index in [0.717, 1.165) is 39.3 Å². The second-order valence-electron chi connectivity index (χ2n) is 7.08. The monoisotopic (exact) mass is 345 g/mol. The van der Waals surface area contributed by atoms with Crippen molar-refractivity contribution >= 4 is 5.91 Å². The molecule has 1 aromatic carbocycles. The highest BCUT2D eigenvalue weighted by Gasteiger charge is 2.26. The molecule has 0 bridgehead atoms. The van der Waals surface area contributed by atoms with Gasteiger partial charge in [0.15, 0.2) is 0 Å². The summed E-state index contributed by atoms with van der Waals surface area (Å²) in [4.78, 5) is 19.5. The van der Waals surface area contributed by atoms with Crippen LogP contribution in [0.5, 0.6) is 0 Å². The number of nitrogens with zero attached hydrogens (tertiary/aromatic N) is 3. The van der Waals surface area contributed by atoms with Crippen LogP contribution in [0.25, 0.3) is 0 Å². The number of carbonyl (C=O) groups is 1. The maximum absolute atomic E-state index is 12.7. The van der Waals surface area contributed by atoms with E-state index in [-0.39, 0.29) is 12.0 Å². The predicted octanol–water partition coefficient (Wildman–Crippen LogP) is 1.92. The summed E-state index contributed by atoms with van der Waals surface area (Å²) in [7, 11) is 0.